The van der Waals surface area contributed by atoms with Crippen LogP contribution < -0.4 is 14.2 Å². The molecule has 0 saturated carbocycles. The van der Waals surface area contributed by atoms with Crippen molar-refractivity contribution in [3.05, 3.63) is 45.8 Å². The first kappa shape index (κ1) is 15.4. The number of hydrogen-bond acceptors (Lipinski definition) is 6. The lowest BCUT2D eigenvalue weighted by Crippen LogP contribution is -1.99. The Morgan fingerprint density at radius 2 is 2.00 bits per heavy atom. The highest BCUT2D eigenvalue weighted by molar-refractivity contribution is 9.10. The van der Waals surface area contributed by atoms with Crippen LogP contribution in [0.3, 0.4) is 0 Å². The molecule has 0 unspecified atom stereocenters. The van der Waals surface area contributed by atoms with E-state index in [1.54, 1.807) is 18.2 Å². The number of aromatic hydroxyl groups is 1. The number of hydrogen-bond donors (Lipinski definition) is 1. The maximum absolute atomic E-state index is 12.4. The summed E-state index contributed by atoms with van der Waals surface area (Å²) in [5, 5.41) is 9.56. The Bertz CT molecular complexity index is 831. The number of methoxy groups -OCH3 is 2. The van der Waals surface area contributed by atoms with Gasteiger partial charge < -0.3 is 19.3 Å². The highest BCUT2D eigenvalue weighted by Gasteiger charge is 2.30. The predicted octanol–water partition coefficient (Wildman–Crippen LogP) is 3.18. The maximum atomic E-state index is 12.4. The molecule has 1 aromatic heterocycles. The second kappa shape index (κ2) is 5.92. The van der Waals surface area contributed by atoms with Crippen LogP contribution in [0.2, 0.25) is 0 Å². The molecule has 7 heteroatoms. The third kappa shape index (κ3) is 2.63. The Morgan fingerprint density at radius 3 is 2.70 bits per heavy atom. The van der Waals surface area contributed by atoms with Gasteiger partial charge in [0.2, 0.25) is 5.78 Å². The zero-order valence-corrected chi connectivity index (χ0v) is 13.9. The van der Waals surface area contributed by atoms with Crippen molar-refractivity contribution in [1.82, 2.24) is 4.98 Å². The Kier molecular flexibility index (Phi) is 3.96. The molecule has 0 saturated heterocycles. The quantitative estimate of drug-likeness (QED) is 0.827. The van der Waals surface area contributed by atoms with Gasteiger partial charge in [-0.1, -0.05) is 0 Å². The summed E-state index contributed by atoms with van der Waals surface area (Å²) >= 11 is 3.37. The van der Waals surface area contributed by atoms with Crippen LogP contribution >= 0.6 is 15.9 Å². The molecule has 3 rings (SSSR count). The van der Waals surface area contributed by atoms with Crippen LogP contribution in [0.15, 0.2) is 34.5 Å². The zero-order valence-electron chi connectivity index (χ0n) is 12.3. The lowest BCUT2D eigenvalue weighted by Gasteiger charge is -2.06. The summed E-state index contributed by atoms with van der Waals surface area (Å²) in [6, 6.07) is 6.33. The number of pyridine rings is 1. The average molecular weight is 378 g/mol. The van der Waals surface area contributed by atoms with E-state index in [9.17, 15) is 9.90 Å². The molecule has 2 aromatic rings. The lowest BCUT2D eigenvalue weighted by atomic mass is 10.1. The second-order valence-corrected chi connectivity index (χ2v) is 5.46. The van der Waals surface area contributed by atoms with E-state index >= 15 is 0 Å². The first-order valence-corrected chi connectivity index (χ1v) is 7.39. The molecule has 1 aliphatic rings. The highest BCUT2D eigenvalue weighted by Crippen LogP contribution is 2.43. The fourth-order valence-electron chi connectivity index (χ4n) is 2.17. The van der Waals surface area contributed by atoms with Crippen molar-refractivity contribution < 1.29 is 24.1 Å². The molecule has 0 atom stereocenters. The molecule has 1 N–H and O–H groups in total. The second-order valence-electron chi connectivity index (χ2n) is 4.66. The molecular weight excluding hydrogens is 366 g/mol. The Balaban J connectivity index is 2.00. The van der Waals surface area contributed by atoms with Crippen molar-refractivity contribution in [2.24, 2.45) is 0 Å². The van der Waals surface area contributed by atoms with E-state index in [2.05, 4.69) is 20.9 Å². The largest absolute Gasteiger partial charge is 0.503 e. The van der Waals surface area contributed by atoms with Gasteiger partial charge in [-0.3, -0.25) is 4.79 Å². The standard InChI is InChI=1S/C16H12BrNO5/c1-21-11-6-4-9-14(20)12(23-15(9)13(11)17)7-8-3-5-10(19)16(18-8)22-2/h3-7,19H,1-2H3/b12-7-. The van der Waals surface area contributed by atoms with Crippen LogP contribution in [-0.4, -0.2) is 30.1 Å². The van der Waals surface area contributed by atoms with Gasteiger partial charge in [0.25, 0.3) is 5.88 Å². The number of fused-ring (bicyclic) bond motifs is 1. The van der Waals surface area contributed by atoms with Crippen molar-refractivity contribution in [2.75, 3.05) is 14.2 Å². The number of rotatable bonds is 3. The summed E-state index contributed by atoms with van der Waals surface area (Å²) in [6.45, 7) is 0. The summed E-state index contributed by atoms with van der Waals surface area (Å²) in [6.07, 6.45) is 1.49. The number of ketones is 1. The van der Waals surface area contributed by atoms with Gasteiger partial charge in [0, 0.05) is 6.08 Å². The third-order valence-electron chi connectivity index (χ3n) is 3.30. The van der Waals surface area contributed by atoms with E-state index in [0.29, 0.717) is 27.2 Å². The average Bonchev–Trinajstić information content (AvgIpc) is 2.87. The number of ether oxygens (including phenoxy) is 3. The number of carbonyl (C=O) groups excluding carboxylic acids is 1. The SMILES string of the molecule is COc1ccc2c(c1Br)O/C(=C\c1ccc(O)c(OC)n1)C2=O. The fraction of sp³-hybridized carbons (Fsp3) is 0.125. The molecule has 1 aliphatic heterocycles. The van der Waals surface area contributed by atoms with E-state index in [1.165, 1.54) is 26.4 Å². The lowest BCUT2D eigenvalue weighted by molar-refractivity contribution is 0.101. The normalized spacial score (nSPS) is 14.6. The van der Waals surface area contributed by atoms with Gasteiger partial charge in [-0.25, -0.2) is 4.98 Å². The molecule has 0 fully saturated rings. The Morgan fingerprint density at radius 1 is 1.22 bits per heavy atom. The van der Waals surface area contributed by atoms with Crippen LogP contribution in [0.1, 0.15) is 16.1 Å². The van der Waals surface area contributed by atoms with Gasteiger partial charge in [-0.15, -0.1) is 0 Å². The minimum Gasteiger partial charge on any atom is -0.503 e. The van der Waals surface area contributed by atoms with E-state index < -0.39 is 0 Å². The van der Waals surface area contributed by atoms with Gasteiger partial charge in [0.05, 0.1) is 25.5 Å². The van der Waals surface area contributed by atoms with Crippen LogP contribution in [0.25, 0.3) is 6.08 Å². The van der Waals surface area contributed by atoms with Crippen molar-refractivity contribution >= 4 is 27.8 Å². The monoisotopic (exact) mass is 377 g/mol. The zero-order chi connectivity index (χ0) is 16.6. The van der Waals surface area contributed by atoms with Crippen molar-refractivity contribution in [3.63, 3.8) is 0 Å². The van der Waals surface area contributed by atoms with Gasteiger partial charge in [-0.2, -0.15) is 0 Å². The van der Waals surface area contributed by atoms with Gasteiger partial charge in [0.1, 0.15) is 10.2 Å². The van der Waals surface area contributed by atoms with E-state index in [1.807, 2.05) is 0 Å². The summed E-state index contributed by atoms with van der Waals surface area (Å²) in [4.78, 5) is 16.5. The van der Waals surface area contributed by atoms with E-state index in [4.69, 9.17) is 14.2 Å². The molecule has 0 radical (unpaired) electrons. The fourth-order valence-corrected chi connectivity index (χ4v) is 2.76. The molecule has 6 nitrogen and oxygen atoms in total. The molecule has 1 aromatic carbocycles. The summed E-state index contributed by atoms with van der Waals surface area (Å²) in [5.74, 6) is 0.856. The first-order chi connectivity index (χ1) is 11.0. The minimum atomic E-state index is -0.253. The highest BCUT2D eigenvalue weighted by atomic mass is 79.9. The number of nitrogens with zero attached hydrogens (tertiary/aromatic N) is 1. The van der Waals surface area contributed by atoms with Gasteiger partial charge in [0.15, 0.2) is 17.3 Å². The van der Waals surface area contributed by atoms with Crippen molar-refractivity contribution in [1.29, 1.82) is 0 Å². The Labute approximate surface area is 140 Å². The van der Waals surface area contributed by atoms with E-state index in [-0.39, 0.29) is 23.2 Å². The smallest absolute Gasteiger partial charge is 0.257 e. The molecule has 118 valence electrons. The number of halogens is 1. The predicted molar refractivity (Wildman–Crippen MR) is 86.1 cm³/mol. The molecule has 0 bridgehead atoms. The molecule has 23 heavy (non-hydrogen) atoms. The molecule has 2 heterocycles. The number of allylic oxidation sites excluding steroid dienone is 1. The van der Waals surface area contributed by atoms with Crippen LogP contribution in [-0.2, 0) is 0 Å². The molecule has 0 amide bonds. The van der Waals surface area contributed by atoms with E-state index in [0.717, 1.165) is 0 Å². The van der Waals surface area contributed by atoms with Crippen molar-refractivity contribution in [2.45, 2.75) is 0 Å². The third-order valence-corrected chi connectivity index (χ3v) is 4.05. The molecule has 0 spiro atoms. The minimum absolute atomic E-state index is 0.0742. The maximum Gasteiger partial charge on any atom is 0.257 e. The molecule has 0 aliphatic carbocycles. The number of carbonyl (C=O) groups is 1. The van der Waals surface area contributed by atoms with Crippen LogP contribution in [0.5, 0.6) is 23.1 Å². The first-order valence-electron chi connectivity index (χ1n) is 6.60. The Hall–Kier alpha value is -2.54. The topological polar surface area (TPSA) is 77.9 Å². The van der Waals surface area contributed by atoms with Gasteiger partial charge in [-0.05, 0) is 40.2 Å². The van der Waals surface area contributed by atoms with Gasteiger partial charge >= 0.3 is 0 Å². The molecular formula is C16H12BrNO5. The number of aromatic nitrogens is 1. The number of benzene rings is 1. The van der Waals surface area contributed by atoms with Crippen molar-refractivity contribution in [3.8, 4) is 23.1 Å². The van der Waals surface area contributed by atoms with Crippen LogP contribution in [0.4, 0.5) is 0 Å². The summed E-state index contributed by atoms with van der Waals surface area (Å²) in [7, 11) is 2.93. The summed E-state index contributed by atoms with van der Waals surface area (Å²) in [5.41, 5.74) is 0.869. The summed E-state index contributed by atoms with van der Waals surface area (Å²) < 4.78 is 16.4. The number of Topliss-reactive ketones (excluding diaryl/α,β-unsaturated/α-hetero) is 1. The van der Waals surface area contributed by atoms with Crippen LogP contribution in [0, 0.1) is 0 Å².